The number of para-hydroxylation sites is 5. The van der Waals surface area contributed by atoms with Crippen LogP contribution < -0.4 is 0 Å². The number of benzene rings is 19. The molecule has 0 atom stereocenters. The molecule has 0 radical (unpaired) electrons. The molecule has 5 aliphatic carbocycles. The number of hydrogen-bond acceptors (Lipinski definition) is 0. The van der Waals surface area contributed by atoms with Crippen molar-refractivity contribution < 1.29 is 0 Å². The van der Waals surface area contributed by atoms with Crippen LogP contribution in [0, 0.1) is 0 Å². The molecule has 10 aliphatic rings. The first-order chi connectivity index (χ1) is 71.1. The van der Waals surface area contributed by atoms with Crippen molar-refractivity contribution in [3.05, 3.63) is 475 Å². The van der Waals surface area contributed by atoms with E-state index in [1.54, 1.807) is 0 Å². The SMILES string of the molecule is CC1(C)c2ccccc2-c2cc3c(cc21)-n1c2ccc(-c4ccccc4)cc2c2cc(-c4ccccc4)cc(c21)C3(C)C.CC1(C)c2ccccc2-c2cc3c4cc5c(c6c4n4c3c(c21)C(C)(C)c1cccc(c1-4)C6(C)C)C(C)(C)c1ccccc1-5.CC1(C)c2ccccc2-c2cc3c4cccc5c4n(c3cc21)-c1ccccc1C5(C)C.CC1(C)c2ccccc2-c2ccc3c(c21)c1cccc2c1n3-c1ccccc1C2(C)C. The largest absolute Gasteiger partial charge is 0.309 e. The Kier molecular flexibility index (Phi) is 17.1. The Bertz CT molecular complexity index is 9800. The molecule has 0 N–H and O–H groups in total. The van der Waals surface area contributed by atoms with Crippen LogP contribution in [0.15, 0.2) is 364 Å². The number of rotatable bonds is 2. The molecule has 716 valence electrons. The fraction of sp³-hybridized carbons (Fsp3) is 0.208. The Balaban J connectivity index is 0.0000000921. The second kappa shape index (κ2) is 28.8. The predicted octanol–water partition coefficient (Wildman–Crippen LogP) is 37.2. The van der Waals surface area contributed by atoms with E-state index in [4.69, 9.17) is 0 Å². The molecule has 9 heterocycles. The molecule has 0 unspecified atom stereocenters. The second-order valence-electron chi connectivity index (χ2n) is 49.7. The van der Waals surface area contributed by atoms with E-state index in [1.807, 2.05) is 0 Å². The summed E-state index contributed by atoms with van der Waals surface area (Å²) in [5.41, 5.74) is 63.5. The van der Waals surface area contributed by atoms with E-state index < -0.39 is 0 Å². The molecule has 0 bridgehead atoms. The molecular formula is C144H120N4. The molecular weight excluding hydrogens is 1790 g/mol. The van der Waals surface area contributed by atoms with Gasteiger partial charge in [0.1, 0.15) is 0 Å². The number of nitrogens with zero attached hydrogens (tertiary/aromatic N) is 4. The highest BCUT2D eigenvalue weighted by atomic mass is 15.0. The summed E-state index contributed by atoms with van der Waals surface area (Å²) in [6.45, 7) is 48.3. The van der Waals surface area contributed by atoms with Crippen LogP contribution in [-0.2, 0) is 54.1 Å². The topological polar surface area (TPSA) is 19.7 Å². The molecule has 4 nitrogen and oxygen atoms in total. The van der Waals surface area contributed by atoms with Crippen LogP contribution in [0.3, 0.4) is 0 Å². The molecule has 0 spiro atoms. The van der Waals surface area contributed by atoms with Gasteiger partial charge in [0.25, 0.3) is 0 Å². The number of aromatic nitrogens is 4. The van der Waals surface area contributed by atoms with Gasteiger partial charge < -0.3 is 18.3 Å². The maximum Gasteiger partial charge on any atom is 0.0585 e. The van der Waals surface area contributed by atoms with Crippen molar-refractivity contribution in [2.45, 2.75) is 193 Å². The lowest BCUT2D eigenvalue weighted by Crippen LogP contribution is -2.36. The minimum atomic E-state index is -0.179. The standard InChI is InChI=1S/C42H37N.C42H33N.2C30H25N/c1-39(2)28-16-11-9-14-22(28)24-20-26-27-21-25-23-15-10-12-17-29(23)40(3,4)33(25)35-37(27)43-36(26)34(32(24)39)41(5,6)30-18-13-19-31(38(30)43)42(35,7)8;1-41(2)34-18-12-11-17-30(34)31-24-36-39(25-35(31)41)43-38-20-19-28(26-13-7-5-8-14-26)21-32(38)33-22-29(27-15-9-6-10-16-27)23-37(40(33)43)42(36,3)4;1-29(2)22-12-6-5-10-18(22)20-16-21-19-11-9-14-24-28(19)31(27(21)17-25(20)29)26-15-8-7-13-23(26)30(24,3)4;1-29(2)22-13-7-8-15-24(22)31-25-17-16-19-18-10-5-6-12-21(18)30(3,4)27(19)26(25)20-11-9-14-23(29)28(20)31/h9-21H,1-8H3;5-25H,1-4H3;2*5-17H,1-4H3. The Hall–Kier alpha value is -15.6. The average molecular weight is 1910 g/mol. The summed E-state index contributed by atoms with van der Waals surface area (Å²) in [4.78, 5) is 0. The minimum Gasteiger partial charge on any atom is -0.309 e. The van der Waals surface area contributed by atoms with Crippen LogP contribution >= 0.6 is 0 Å². The summed E-state index contributed by atoms with van der Waals surface area (Å²) in [7, 11) is 0. The third kappa shape index (κ3) is 10.8. The van der Waals surface area contributed by atoms with Gasteiger partial charge in [0.05, 0.1) is 66.9 Å². The predicted molar refractivity (Wildman–Crippen MR) is 622 cm³/mol. The van der Waals surface area contributed by atoms with Gasteiger partial charge in [-0.1, -0.05) is 424 Å². The van der Waals surface area contributed by atoms with Crippen LogP contribution in [-0.4, -0.2) is 18.3 Å². The molecule has 4 aromatic heterocycles. The smallest absolute Gasteiger partial charge is 0.0585 e. The van der Waals surface area contributed by atoms with Gasteiger partial charge in [0.2, 0.25) is 0 Å². The normalized spacial score (nSPS) is 17.2. The van der Waals surface area contributed by atoms with Gasteiger partial charge in [-0.2, -0.15) is 0 Å². The van der Waals surface area contributed by atoms with E-state index in [-0.39, 0.29) is 54.1 Å². The van der Waals surface area contributed by atoms with Crippen molar-refractivity contribution >= 4 is 87.2 Å². The molecule has 5 aliphatic heterocycles. The lowest BCUT2D eigenvalue weighted by molar-refractivity contribution is 0.559. The zero-order valence-corrected chi connectivity index (χ0v) is 88.4. The van der Waals surface area contributed by atoms with Crippen molar-refractivity contribution in [2.75, 3.05) is 0 Å². The van der Waals surface area contributed by atoms with Gasteiger partial charge in [-0.15, -0.1) is 0 Å². The highest BCUT2D eigenvalue weighted by molar-refractivity contribution is 6.21. The summed E-state index contributed by atoms with van der Waals surface area (Å²) in [6.07, 6.45) is 0. The zero-order valence-electron chi connectivity index (χ0n) is 88.4. The van der Waals surface area contributed by atoms with Gasteiger partial charge in [-0.25, -0.2) is 0 Å². The van der Waals surface area contributed by atoms with Crippen molar-refractivity contribution in [1.29, 1.82) is 0 Å². The third-order valence-electron chi connectivity index (χ3n) is 38.5. The molecule has 19 aromatic carbocycles. The van der Waals surface area contributed by atoms with E-state index in [9.17, 15) is 0 Å². The molecule has 23 aromatic rings. The van der Waals surface area contributed by atoms with Gasteiger partial charge in [-0.05, 0) is 268 Å². The Morgan fingerprint density at radius 3 is 1.01 bits per heavy atom. The van der Waals surface area contributed by atoms with Crippen LogP contribution in [0.5, 0.6) is 0 Å². The molecule has 0 fully saturated rings. The molecule has 0 saturated heterocycles. The molecule has 0 saturated carbocycles. The van der Waals surface area contributed by atoms with Crippen LogP contribution in [0.2, 0.25) is 0 Å². The van der Waals surface area contributed by atoms with Crippen LogP contribution in [0.1, 0.15) is 250 Å². The van der Waals surface area contributed by atoms with E-state index >= 15 is 0 Å². The zero-order chi connectivity index (χ0) is 101. The van der Waals surface area contributed by atoms with Crippen molar-refractivity contribution in [3.8, 4) is 101 Å². The Morgan fingerprint density at radius 2 is 0.486 bits per heavy atom. The Morgan fingerprint density at radius 1 is 0.142 bits per heavy atom. The summed E-state index contributed by atoms with van der Waals surface area (Å²) in [5.74, 6) is 0. The lowest BCUT2D eigenvalue weighted by atomic mass is 9.64. The molecule has 33 rings (SSSR count). The fourth-order valence-electron chi connectivity index (χ4n) is 31.3. The number of fused-ring (bicyclic) bond motifs is 34. The van der Waals surface area contributed by atoms with Crippen LogP contribution in [0.4, 0.5) is 0 Å². The average Bonchev–Trinajstić information content (AvgIpc) is 1.59. The van der Waals surface area contributed by atoms with Gasteiger partial charge >= 0.3 is 0 Å². The second-order valence-corrected chi connectivity index (χ2v) is 49.7. The maximum atomic E-state index is 2.73. The first-order valence-electron chi connectivity index (χ1n) is 53.8. The first kappa shape index (κ1) is 87.7. The highest BCUT2D eigenvalue weighted by Crippen LogP contribution is 2.67. The van der Waals surface area contributed by atoms with Crippen molar-refractivity contribution in [2.24, 2.45) is 0 Å². The summed E-state index contributed by atoms with van der Waals surface area (Å²) < 4.78 is 10.4. The fourth-order valence-corrected chi connectivity index (χ4v) is 31.3. The molecule has 4 heteroatoms. The highest BCUT2D eigenvalue weighted by Gasteiger charge is 2.54. The van der Waals surface area contributed by atoms with Crippen LogP contribution in [0.25, 0.3) is 188 Å². The van der Waals surface area contributed by atoms with E-state index in [2.05, 4.69) is 521 Å². The lowest BCUT2D eigenvalue weighted by Gasteiger charge is -2.45. The summed E-state index contributed by atoms with van der Waals surface area (Å²) >= 11 is 0. The molecule has 0 amide bonds. The van der Waals surface area contributed by atoms with E-state index in [0.717, 1.165) is 0 Å². The monoisotopic (exact) mass is 1900 g/mol. The van der Waals surface area contributed by atoms with Crippen molar-refractivity contribution in [3.63, 3.8) is 0 Å². The summed E-state index contributed by atoms with van der Waals surface area (Å²) in [5, 5.41) is 11.0. The molecule has 148 heavy (non-hydrogen) atoms. The maximum absolute atomic E-state index is 2.73. The quantitative estimate of drug-likeness (QED) is 0.164. The third-order valence-corrected chi connectivity index (χ3v) is 38.5. The van der Waals surface area contributed by atoms with Gasteiger partial charge in [0, 0.05) is 97.2 Å². The minimum absolute atomic E-state index is 0.00708. The van der Waals surface area contributed by atoms with Gasteiger partial charge in [0.15, 0.2) is 0 Å². The van der Waals surface area contributed by atoms with Gasteiger partial charge in [-0.3, -0.25) is 0 Å². The van der Waals surface area contributed by atoms with Crippen molar-refractivity contribution in [1.82, 2.24) is 18.3 Å². The van der Waals surface area contributed by atoms with E-state index in [0.29, 0.717) is 0 Å². The number of hydrogen-bond donors (Lipinski definition) is 0. The summed E-state index contributed by atoms with van der Waals surface area (Å²) in [6, 6.07) is 137. The Labute approximate surface area is 867 Å². The van der Waals surface area contributed by atoms with E-state index in [1.165, 1.54) is 299 Å². The first-order valence-corrected chi connectivity index (χ1v) is 53.8.